The molecule has 0 heterocycles. The summed E-state index contributed by atoms with van der Waals surface area (Å²) in [7, 11) is 0. The van der Waals surface area contributed by atoms with E-state index in [1.54, 1.807) is 18.2 Å². The minimum atomic E-state index is -0.324. The smallest absolute Gasteiger partial charge is 0.233 e. The summed E-state index contributed by atoms with van der Waals surface area (Å²) in [5, 5.41) is 6.77. The van der Waals surface area contributed by atoms with Gasteiger partial charge in [0, 0.05) is 21.5 Å². The first-order chi connectivity index (χ1) is 13.3. The first kappa shape index (κ1) is 21.0. The van der Waals surface area contributed by atoms with Gasteiger partial charge in [0.2, 0.25) is 11.8 Å². The fraction of sp³-hybridized carbons (Fsp3) is 0.333. The van der Waals surface area contributed by atoms with Gasteiger partial charge in [0.25, 0.3) is 0 Å². The minimum Gasteiger partial charge on any atom is -0.349 e. The molecule has 7 heteroatoms. The van der Waals surface area contributed by atoms with E-state index in [4.69, 9.17) is 23.2 Å². The predicted molar refractivity (Wildman–Crippen MR) is 116 cm³/mol. The van der Waals surface area contributed by atoms with Gasteiger partial charge in [-0.15, -0.1) is 11.8 Å². The maximum atomic E-state index is 12.6. The molecule has 0 radical (unpaired) electrons. The lowest BCUT2D eigenvalue weighted by Gasteiger charge is -2.18. The molecule has 28 heavy (non-hydrogen) atoms. The Balaban J connectivity index is 1.55. The molecule has 2 N–H and O–H groups in total. The standard InChI is InChI=1S/C21H22Cl2N2O2S/c1-12(14-5-8-17(9-6-14)25-21(27)15-3-4-15)24-20(26)13(2)28-19-11-16(22)7-10-18(19)23/h5-13,15H,3-4H2,1-2H3,(H,24,26)(H,25,27). The number of benzene rings is 2. The SMILES string of the molecule is CC(Sc1cc(Cl)ccc1Cl)C(=O)NC(C)c1ccc(NC(=O)C2CC2)cc1. The molecular weight excluding hydrogens is 415 g/mol. The maximum absolute atomic E-state index is 12.6. The molecule has 0 aliphatic heterocycles. The van der Waals surface area contributed by atoms with Crippen LogP contribution < -0.4 is 10.6 Å². The van der Waals surface area contributed by atoms with Crippen LogP contribution in [0.3, 0.4) is 0 Å². The molecular formula is C21H22Cl2N2O2S. The predicted octanol–water partition coefficient (Wildman–Crippen LogP) is 5.70. The second-order valence-corrected chi connectivity index (χ2v) is 9.18. The first-order valence-electron chi connectivity index (χ1n) is 9.16. The Bertz CT molecular complexity index is 869. The lowest BCUT2D eigenvalue weighted by molar-refractivity contribution is -0.121. The van der Waals surface area contributed by atoms with Gasteiger partial charge in [-0.2, -0.15) is 0 Å². The third-order valence-electron chi connectivity index (χ3n) is 4.55. The highest BCUT2D eigenvalue weighted by Gasteiger charge is 2.29. The van der Waals surface area contributed by atoms with Crippen LogP contribution in [-0.2, 0) is 9.59 Å². The van der Waals surface area contributed by atoms with Gasteiger partial charge >= 0.3 is 0 Å². The van der Waals surface area contributed by atoms with Gasteiger partial charge < -0.3 is 10.6 Å². The summed E-state index contributed by atoms with van der Waals surface area (Å²) in [6.45, 7) is 3.76. The first-order valence-corrected chi connectivity index (χ1v) is 10.8. The van der Waals surface area contributed by atoms with E-state index in [0.29, 0.717) is 10.0 Å². The van der Waals surface area contributed by atoms with Crippen molar-refractivity contribution in [2.75, 3.05) is 5.32 Å². The Hall–Kier alpha value is -1.69. The van der Waals surface area contributed by atoms with Crippen molar-refractivity contribution in [3.05, 3.63) is 58.1 Å². The molecule has 2 amide bonds. The van der Waals surface area contributed by atoms with E-state index in [9.17, 15) is 9.59 Å². The van der Waals surface area contributed by atoms with Crippen LogP contribution >= 0.6 is 35.0 Å². The highest BCUT2D eigenvalue weighted by molar-refractivity contribution is 8.00. The molecule has 0 aromatic heterocycles. The van der Waals surface area contributed by atoms with Crippen molar-refractivity contribution in [2.45, 2.75) is 42.9 Å². The van der Waals surface area contributed by atoms with Gasteiger partial charge in [-0.25, -0.2) is 0 Å². The molecule has 1 aliphatic rings. The molecule has 0 bridgehead atoms. The Morgan fingerprint density at radius 2 is 1.75 bits per heavy atom. The number of amides is 2. The summed E-state index contributed by atoms with van der Waals surface area (Å²) in [5.41, 5.74) is 1.74. The van der Waals surface area contributed by atoms with E-state index < -0.39 is 0 Å². The number of halogens is 2. The largest absolute Gasteiger partial charge is 0.349 e. The van der Waals surface area contributed by atoms with E-state index in [1.807, 2.05) is 38.1 Å². The minimum absolute atomic E-state index is 0.0830. The van der Waals surface area contributed by atoms with Gasteiger partial charge in [-0.3, -0.25) is 9.59 Å². The number of thioether (sulfide) groups is 1. The molecule has 1 aliphatic carbocycles. The van der Waals surface area contributed by atoms with Crippen molar-refractivity contribution >= 4 is 52.5 Å². The maximum Gasteiger partial charge on any atom is 0.233 e. The van der Waals surface area contributed by atoms with E-state index in [1.165, 1.54) is 11.8 Å². The molecule has 1 fully saturated rings. The topological polar surface area (TPSA) is 58.2 Å². The van der Waals surface area contributed by atoms with Gasteiger partial charge in [-0.05, 0) is 62.6 Å². The third-order valence-corrected chi connectivity index (χ3v) is 6.39. The van der Waals surface area contributed by atoms with Gasteiger partial charge in [-0.1, -0.05) is 35.3 Å². The third kappa shape index (κ3) is 5.66. The number of anilines is 1. The van der Waals surface area contributed by atoms with E-state index in [2.05, 4.69) is 10.6 Å². The van der Waals surface area contributed by atoms with Crippen LogP contribution in [0.15, 0.2) is 47.4 Å². The molecule has 1 saturated carbocycles. The number of hydrogen-bond acceptors (Lipinski definition) is 3. The summed E-state index contributed by atoms with van der Waals surface area (Å²) in [6, 6.07) is 12.6. The normalized spacial score (nSPS) is 15.6. The van der Waals surface area contributed by atoms with Crippen molar-refractivity contribution in [3.8, 4) is 0 Å². The zero-order chi connectivity index (χ0) is 20.3. The van der Waals surface area contributed by atoms with Crippen LogP contribution in [0.5, 0.6) is 0 Å². The van der Waals surface area contributed by atoms with E-state index >= 15 is 0 Å². The van der Waals surface area contributed by atoms with Crippen LogP contribution in [-0.4, -0.2) is 17.1 Å². The van der Waals surface area contributed by atoms with Crippen molar-refractivity contribution in [3.63, 3.8) is 0 Å². The van der Waals surface area contributed by atoms with E-state index in [-0.39, 0.29) is 29.0 Å². The quantitative estimate of drug-likeness (QED) is 0.547. The second-order valence-electron chi connectivity index (χ2n) is 6.95. The summed E-state index contributed by atoms with van der Waals surface area (Å²) < 4.78 is 0. The number of carbonyl (C=O) groups is 2. The van der Waals surface area contributed by atoms with Gasteiger partial charge in [0.05, 0.1) is 16.3 Å². The van der Waals surface area contributed by atoms with Gasteiger partial charge in [0.15, 0.2) is 0 Å². The zero-order valence-electron chi connectivity index (χ0n) is 15.7. The summed E-state index contributed by atoms with van der Waals surface area (Å²) in [4.78, 5) is 25.2. The number of rotatable bonds is 7. The monoisotopic (exact) mass is 436 g/mol. The Labute approximate surface area is 179 Å². The van der Waals surface area contributed by atoms with Crippen molar-refractivity contribution in [2.24, 2.45) is 5.92 Å². The zero-order valence-corrected chi connectivity index (χ0v) is 18.0. The Morgan fingerprint density at radius 3 is 2.39 bits per heavy atom. The molecule has 2 aromatic rings. The lowest BCUT2D eigenvalue weighted by Crippen LogP contribution is -2.33. The summed E-state index contributed by atoms with van der Waals surface area (Å²) >= 11 is 13.6. The second kappa shape index (κ2) is 9.21. The number of hydrogen-bond donors (Lipinski definition) is 2. The Morgan fingerprint density at radius 1 is 1.07 bits per heavy atom. The average Bonchev–Trinajstić information content (AvgIpc) is 3.50. The number of nitrogens with one attached hydrogen (secondary N) is 2. The van der Waals surface area contributed by atoms with Crippen molar-refractivity contribution in [1.29, 1.82) is 0 Å². The molecule has 2 unspecified atom stereocenters. The molecule has 0 spiro atoms. The molecule has 4 nitrogen and oxygen atoms in total. The fourth-order valence-electron chi connectivity index (χ4n) is 2.67. The van der Waals surface area contributed by atoms with Crippen LogP contribution in [0.1, 0.15) is 38.3 Å². The average molecular weight is 437 g/mol. The Kier molecular flexibility index (Phi) is 6.91. The fourth-order valence-corrected chi connectivity index (χ4v) is 4.09. The van der Waals surface area contributed by atoms with Crippen LogP contribution in [0, 0.1) is 5.92 Å². The summed E-state index contributed by atoms with van der Waals surface area (Å²) in [6.07, 6.45) is 1.95. The molecule has 2 aromatic carbocycles. The molecule has 2 atom stereocenters. The van der Waals surface area contributed by atoms with Gasteiger partial charge in [0.1, 0.15) is 0 Å². The van der Waals surface area contributed by atoms with Crippen molar-refractivity contribution < 1.29 is 9.59 Å². The van der Waals surface area contributed by atoms with Crippen molar-refractivity contribution in [1.82, 2.24) is 5.32 Å². The van der Waals surface area contributed by atoms with Crippen LogP contribution in [0.2, 0.25) is 10.0 Å². The van der Waals surface area contributed by atoms with Crippen LogP contribution in [0.4, 0.5) is 5.69 Å². The van der Waals surface area contributed by atoms with E-state index in [0.717, 1.165) is 29.0 Å². The highest BCUT2D eigenvalue weighted by atomic mass is 35.5. The molecule has 0 saturated heterocycles. The number of carbonyl (C=O) groups excluding carboxylic acids is 2. The van der Waals surface area contributed by atoms with Crippen LogP contribution in [0.25, 0.3) is 0 Å². The molecule has 3 rings (SSSR count). The lowest BCUT2D eigenvalue weighted by atomic mass is 10.1. The summed E-state index contributed by atoms with van der Waals surface area (Å²) in [5.74, 6) is 0.171. The highest BCUT2D eigenvalue weighted by Crippen LogP contribution is 2.33. The molecule has 148 valence electrons.